The van der Waals surface area contributed by atoms with Gasteiger partial charge in [-0.25, -0.2) is 0 Å². The van der Waals surface area contributed by atoms with E-state index in [1.54, 1.807) is 0 Å². The SMILES string of the molecule is [O-][N+](CCl)=NO. The molecule has 0 saturated carbocycles. The van der Waals surface area contributed by atoms with Gasteiger partial charge in [0.25, 0.3) is 6.00 Å². The molecule has 0 unspecified atom stereocenters. The maximum Gasteiger partial charge on any atom is 0.257 e. The molecule has 0 aromatic heterocycles. The number of hydrogen-bond acceptors (Lipinski definition) is 2. The predicted octanol–water partition coefficient (Wildman–Crippen LogP) is 0.534. The van der Waals surface area contributed by atoms with Crippen molar-refractivity contribution in [2.24, 2.45) is 5.28 Å². The van der Waals surface area contributed by atoms with Crippen LogP contribution in [0.15, 0.2) is 5.28 Å². The van der Waals surface area contributed by atoms with Gasteiger partial charge in [-0.05, 0) is 16.5 Å². The highest BCUT2D eigenvalue weighted by molar-refractivity contribution is 6.16. The molecule has 0 aliphatic heterocycles. The van der Waals surface area contributed by atoms with Gasteiger partial charge in [-0.2, -0.15) is 0 Å². The van der Waals surface area contributed by atoms with Gasteiger partial charge in [-0.1, -0.05) is 0 Å². The summed E-state index contributed by atoms with van der Waals surface area (Å²) in [5.74, 6) is 0. The van der Waals surface area contributed by atoms with E-state index in [4.69, 9.17) is 16.8 Å². The second-order valence-electron chi connectivity index (χ2n) is 0.561. The standard InChI is InChI=1S/CH3ClN2O2/c2-1-4(6)3-5/h5H,1H2. The number of hydrogen-bond donors (Lipinski definition) is 1. The zero-order chi connectivity index (χ0) is 4.99. The van der Waals surface area contributed by atoms with Gasteiger partial charge >= 0.3 is 0 Å². The van der Waals surface area contributed by atoms with E-state index in [2.05, 4.69) is 5.28 Å². The molecule has 0 saturated heterocycles. The molecule has 6 heavy (non-hydrogen) atoms. The quantitative estimate of drug-likeness (QED) is 0.176. The van der Waals surface area contributed by atoms with E-state index in [0.29, 0.717) is 0 Å². The van der Waals surface area contributed by atoms with Gasteiger partial charge < -0.3 is 10.4 Å². The lowest BCUT2D eigenvalue weighted by Gasteiger charge is -1.85. The summed E-state index contributed by atoms with van der Waals surface area (Å²) in [4.78, 5) is -0.0540. The van der Waals surface area contributed by atoms with Crippen LogP contribution in [0, 0.1) is 5.21 Å². The van der Waals surface area contributed by atoms with Crippen molar-refractivity contribution in [2.45, 2.75) is 0 Å². The third-order valence-corrected chi connectivity index (χ3v) is 0.407. The van der Waals surface area contributed by atoms with Gasteiger partial charge in [0.1, 0.15) is 0 Å². The fourth-order valence-corrected chi connectivity index (χ4v) is 0.0717. The van der Waals surface area contributed by atoms with Crippen molar-refractivity contribution in [3.63, 3.8) is 0 Å². The van der Waals surface area contributed by atoms with Crippen LogP contribution < -0.4 is 0 Å². The largest absolute Gasteiger partial charge is 0.596 e. The summed E-state index contributed by atoms with van der Waals surface area (Å²) in [7, 11) is 0. The minimum absolute atomic E-state index is 0.0540. The van der Waals surface area contributed by atoms with Crippen molar-refractivity contribution in [3.8, 4) is 0 Å². The third kappa shape index (κ3) is 1.78. The lowest BCUT2D eigenvalue weighted by Crippen LogP contribution is -1.93. The van der Waals surface area contributed by atoms with E-state index in [1.807, 2.05) is 0 Å². The fourth-order valence-electron chi connectivity index (χ4n) is 0.0239. The Morgan fingerprint density at radius 1 is 2.00 bits per heavy atom. The van der Waals surface area contributed by atoms with E-state index in [0.717, 1.165) is 0 Å². The van der Waals surface area contributed by atoms with Crippen LogP contribution in [0.3, 0.4) is 0 Å². The fraction of sp³-hybridized carbons (Fsp3) is 1.00. The minimum atomic E-state index is -0.337. The van der Waals surface area contributed by atoms with Crippen molar-refractivity contribution in [3.05, 3.63) is 5.21 Å². The highest BCUT2D eigenvalue weighted by Gasteiger charge is 1.81. The topological polar surface area (TPSA) is 58.7 Å². The number of alkyl halides is 1. The van der Waals surface area contributed by atoms with E-state index < -0.39 is 0 Å². The maximum absolute atomic E-state index is 9.55. The van der Waals surface area contributed by atoms with Gasteiger partial charge in [0.05, 0.1) is 0 Å². The number of rotatable bonds is 1. The molecule has 0 aromatic rings. The zero-order valence-corrected chi connectivity index (χ0v) is 3.59. The van der Waals surface area contributed by atoms with Crippen molar-refractivity contribution < 1.29 is 10.1 Å². The average molecular weight is 110 g/mol. The normalized spacial score (nSPS) is 11.8. The van der Waals surface area contributed by atoms with Gasteiger partial charge in [0, 0.05) is 0 Å². The van der Waals surface area contributed by atoms with Crippen molar-refractivity contribution >= 4 is 11.6 Å². The highest BCUT2D eigenvalue weighted by Crippen LogP contribution is 1.74. The number of nitrogens with zero attached hydrogens (tertiary/aromatic N) is 2. The average Bonchev–Trinajstić information content (AvgIpc) is 1.65. The molecule has 0 amide bonds. The number of halogens is 1. The molecular weight excluding hydrogens is 107 g/mol. The smallest absolute Gasteiger partial charge is 0.257 e. The summed E-state index contributed by atoms with van der Waals surface area (Å²) < 4.78 is 0. The third-order valence-electron chi connectivity index (χ3n) is 0.202. The molecule has 4 nitrogen and oxygen atoms in total. The Bertz CT molecular complexity index is 62.6. The molecule has 0 heterocycles. The Morgan fingerprint density at radius 3 is 2.50 bits per heavy atom. The van der Waals surface area contributed by atoms with Crippen LogP contribution >= 0.6 is 11.6 Å². The predicted molar refractivity (Wildman–Crippen MR) is 18.6 cm³/mol. The first-order valence-corrected chi connectivity index (χ1v) is 1.70. The van der Waals surface area contributed by atoms with Gasteiger partial charge in [-0.15, -0.1) is 0 Å². The molecule has 0 bridgehead atoms. The Hall–Kier alpha value is -0.510. The van der Waals surface area contributed by atoms with Gasteiger partial charge in [0.15, 0.2) is 5.28 Å². The molecule has 0 aromatic carbocycles. The van der Waals surface area contributed by atoms with E-state index in [1.165, 1.54) is 0 Å². The second-order valence-corrected chi connectivity index (χ2v) is 0.800. The lowest BCUT2D eigenvalue weighted by atomic mass is 11.5. The van der Waals surface area contributed by atoms with E-state index in [9.17, 15) is 5.21 Å². The molecule has 0 atom stereocenters. The summed E-state index contributed by atoms with van der Waals surface area (Å²) in [6, 6.07) is -0.337. The van der Waals surface area contributed by atoms with Crippen LogP contribution in [-0.4, -0.2) is 16.1 Å². The van der Waals surface area contributed by atoms with Gasteiger partial charge in [-0.3, -0.25) is 0 Å². The molecule has 5 heteroatoms. The Balaban J connectivity index is 3.22. The van der Waals surface area contributed by atoms with Crippen LogP contribution in [0.4, 0.5) is 0 Å². The summed E-state index contributed by atoms with van der Waals surface area (Å²) in [6.45, 7) is 0. The monoisotopic (exact) mass is 110 g/mol. The van der Waals surface area contributed by atoms with Crippen LogP contribution in [-0.2, 0) is 0 Å². The molecule has 0 aliphatic rings. The van der Waals surface area contributed by atoms with Crippen molar-refractivity contribution in [1.29, 1.82) is 0 Å². The molecule has 1 N–H and O–H groups in total. The van der Waals surface area contributed by atoms with E-state index in [-0.39, 0.29) is 10.9 Å². The van der Waals surface area contributed by atoms with E-state index >= 15 is 0 Å². The molecule has 36 valence electrons. The number of hydroxylamine groups is 1. The molecule has 0 spiro atoms. The Labute approximate surface area is 39.2 Å². The minimum Gasteiger partial charge on any atom is -0.596 e. The lowest BCUT2D eigenvalue weighted by molar-refractivity contribution is -0.538. The molecule has 0 fully saturated rings. The van der Waals surface area contributed by atoms with Crippen LogP contribution in [0.2, 0.25) is 0 Å². The Morgan fingerprint density at radius 2 is 2.50 bits per heavy atom. The molecule has 0 aliphatic carbocycles. The summed E-state index contributed by atoms with van der Waals surface area (Å²) in [6.07, 6.45) is 0. The van der Waals surface area contributed by atoms with Crippen molar-refractivity contribution in [2.75, 3.05) is 6.00 Å². The molecule has 0 radical (unpaired) electrons. The Kier molecular flexibility index (Phi) is 2.48. The molecular formula is CH3ClN2O2. The first-order valence-electron chi connectivity index (χ1n) is 1.17. The van der Waals surface area contributed by atoms with Gasteiger partial charge in [0.2, 0.25) is 0 Å². The second kappa shape index (κ2) is 2.71. The first kappa shape index (κ1) is 5.49. The van der Waals surface area contributed by atoms with Crippen LogP contribution in [0.25, 0.3) is 0 Å². The first-order chi connectivity index (χ1) is 2.81. The van der Waals surface area contributed by atoms with Crippen LogP contribution in [0.5, 0.6) is 0 Å². The maximum atomic E-state index is 9.55. The van der Waals surface area contributed by atoms with Crippen molar-refractivity contribution in [1.82, 2.24) is 0 Å². The zero-order valence-electron chi connectivity index (χ0n) is 2.83. The highest BCUT2D eigenvalue weighted by atomic mass is 35.5. The van der Waals surface area contributed by atoms with Crippen LogP contribution in [0.1, 0.15) is 0 Å². The summed E-state index contributed by atoms with van der Waals surface area (Å²) >= 11 is 4.81. The summed E-state index contributed by atoms with van der Waals surface area (Å²) in [5, 5.41) is 19.2. The molecule has 0 rings (SSSR count). The summed E-state index contributed by atoms with van der Waals surface area (Å²) in [5.41, 5.74) is 0.